The summed E-state index contributed by atoms with van der Waals surface area (Å²) in [5, 5.41) is 0. The van der Waals surface area contributed by atoms with E-state index in [0.717, 1.165) is 17.8 Å². The van der Waals surface area contributed by atoms with Crippen LogP contribution < -0.4 is 0 Å². The molecule has 0 radical (unpaired) electrons. The SMILES string of the molecule is CCCCCN(C)CC1C=CC(C(CCC)C(C)C)=CC1. The van der Waals surface area contributed by atoms with Crippen molar-refractivity contribution in [3.8, 4) is 0 Å². The zero-order valence-corrected chi connectivity index (χ0v) is 15.1. The van der Waals surface area contributed by atoms with Gasteiger partial charge in [0.2, 0.25) is 0 Å². The van der Waals surface area contributed by atoms with Crippen molar-refractivity contribution >= 4 is 0 Å². The molecule has 0 fully saturated rings. The quantitative estimate of drug-likeness (QED) is 0.468. The first-order chi connectivity index (χ1) is 10.1. The van der Waals surface area contributed by atoms with Crippen LogP contribution in [0.3, 0.4) is 0 Å². The standard InChI is InChI=1S/C20H37N/c1-6-8-9-15-21(5)16-18-11-13-19(14-12-18)20(10-7-2)17(3)4/h11,13-14,17-18,20H,6-10,12,15-16H2,1-5H3. The van der Waals surface area contributed by atoms with Crippen LogP contribution in [0.25, 0.3) is 0 Å². The average Bonchev–Trinajstić information content (AvgIpc) is 2.46. The Labute approximate surface area is 133 Å². The molecule has 0 aliphatic heterocycles. The van der Waals surface area contributed by atoms with Gasteiger partial charge in [-0.25, -0.2) is 0 Å². The predicted molar refractivity (Wildman–Crippen MR) is 95.6 cm³/mol. The highest BCUT2D eigenvalue weighted by molar-refractivity contribution is 5.26. The van der Waals surface area contributed by atoms with Crippen LogP contribution in [0.2, 0.25) is 0 Å². The average molecular weight is 292 g/mol. The summed E-state index contributed by atoms with van der Waals surface area (Å²) in [5.41, 5.74) is 1.59. The Hall–Kier alpha value is -0.560. The molecule has 0 aromatic rings. The molecule has 0 aromatic heterocycles. The molecular weight excluding hydrogens is 254 g/mol. The molecule has 2 atom stereocenters. The molecule has 1 rings (SSSR count). The van der Waals surface area contributed by atoms with Gasteiger partial charge >= 0.3 is 0 Å². The van der Waals surface area contributed by atoms with Gasteiger partial charge in [0, 0.05) is 6.54 Å². The van der Waals surface area contributed by atoms with Gasteiger partial charge < -0.3 is 4.90 Å². The summed E-state index contributed by atoms with van der Waals surface area (Å²) in [6.07, 6.45) is 15.3. The molecule has 0 spiro atoms. The Morgan fingerprint density at radius 1 is 1.19 bits per heavy atom. The van der Waals surface area contributed by atoms with E-state index in [1.807, 2.05) is 0 Å². The topological polar surface area (TPSA) is 3.24 Å². The third-order valence-corrected chi connectivity index (χ3v) is 4.74. The highest BCUT2D eigenvalue weighted by Crippen LogP contribution is 2.30. The maximum Gasteiger partial charge on any atom is 0.00444 e. The molecule has 0 aromatic carbocycles. The predicted octanol–water partition coefficient (Wildman–Crippen LogP) is 5.68. The first-order valence-electron chi connectivity index (χ1n) is 9.15. The Bertz CT molecular complexity index is 327. The lowest BCUT2D eigenvalue weighted by atomic mass is 9.81. The molecule has 0 N–H and O–H groups in total. The molecule has 1 nitrogen and oxygen atoms in total. The number of nitrogens with zero attached hydrogens (tertiary/aromatic N) is 1. The molecule has 0 heterocycles. The number of unbranched alkanes of at least 4 members (excludes halogenated alkanes) is 2. The minimum Gasteiger partial charge on any atom is -0.306 e. The Morgan fingerprint density at radius 3 is 2.48 bits per heavy atom. The second-order valence-electron chi connectivity index (χ2n) is 7.17. The van der Waals surface area contributed by atoms with Crippen LogP contribution in [0.4, 0.5) is 0 Å². The van der Waals surface area contributed by atoms with Crippen molar-refractivity contribution in [3.63, 3.8) is 0 Å². The largest absolute Gasteiger partial charge is 0.306 e. The van der Waals surface area contributed by atoms with E-state index in [1.165, 1.54) is 51.6 Å². The lowest BCUT2D eigenvalue weighted by Gasteiger charge is -2.27. The summed E-state index contributed by atoms with van der Waals surface area (Å²) in [5.74, 6) is 2.23. The highest BCUT2D eigenvalue weighted by atomic mass is 15.1. The van der Waals surface area contributed by atoms with Gasteiger partial charge in [-0.2, -0.15) is 0 Å². The smallest absolute Gasteiger partial charge is 0.00444 e. The summed E-state index contributed by atoms with van der Waals surface area (Å²) < 4.78 is 0. The van der Waals surface area contributed by atoms with Gasteiger partial charge in [-0.15, -0.1) is 0 Å². The van der Waals surface area contributed by atoms with Crippen molar-refractivity contribution < 1.29 is 0 Å². The van der Waals surface area contributed by atoms with Crippen molar-refractivity contribution in [2.45, 2.75) is 66.2 Å². The van der Waals surface area contributed by atoms with Crippen molar-refractivity contribution in [1.82, 2.24) is 4.90 Å². The Kier molecular flexibility index (Phi) is 8.99. The number of rotatable bonds is 10. The summed E-state index contributed by atoms with van der Waals surface area (Å²) in [6.45, 7) is 11.8. The first-order valence-corrected chi connectivity index (χ1v) is 9.15. The van der Waals surface area contributed by atoms with Gasteiger partial charge in [0.25, 0.3) is 0 Å². The third kappa shape index (κ3) is 6.82. The lowest BCUT2D eigenvalue weighted by Crippen LogP contribution is -2.26. The molecule has 21 heavy (non-hydrogen) atoms. The van der Waals surface area contributed by atoms with Crippen LogP contribution in [0.5, 0.6) is 0 Å². The minimum absolute atomic E-state index is 0.717. The molecule has 0 saturated carbocycles. The molecule has 1 heteroatoms. The second-order valence-corrected chi connectivity index (χ2v) is 7.17. The fourth-order valence-corrected chi connectivity index (χ4v) is 3.41. The van der Waals surface area contributed by atoms with Gasteiger partial charge in [0.15, 0.2) is 0 Å². The number of hydrogen-bond acceptors (Lipinski definition) is 1. The lowest BCUT2D eigenvalue weighted by molar-refractivity contribution is 0.292. The third-order valence-electron chi connectivity index (χ3n) is 4.74. The van der Waals surface area contributed by atoms with Crippen LogP contribution in [-0.4, -0.2) is 25.0 Å². The number of hydrogen-bond donors (Lipinski definition) is 0. The van der Waals surface area contributed by atoms with E-state index in [4.69, 9.17) is 0 Å². The van der Waals surface area contributed by atoms with Gasteiger partial charge in [-0.3, -0.25) is 0 Å². The first kappa shape index (κ1) is 18.5. The zero-order valence-electron chi connectivity index (χ0n) is 15.1. The van der Waals surface area contributed by atoms with Crippen molar-refractivity contribution in [3.05, 3.63) is 23.8 Å². The monoisotopic (exact) mass is 291 g/mol. The van der Waals surface area contributed by atoms with Crippen LogP contribution >= 0.6 is 0 Å². The number of allylic oxidation sites excluding steroid dienone is 3. The van der Waals surface area contributed by atoms with Crippen LogP contribution in [0.1, 0.15) is 66.2 Å². The normalized spacial score (nSPS) is 20.1. The molecule has 0 saturated heterocycles. The zero-order chi connectivity index (χ0) is 15.7. The van der Waals surface area contributed by atoms with E-state index in [2.05, 4.69) is 57.9 Å². The fraction of sp³-hybridized carbons (Fsp3) is 0.800. The molecule has 1 aliphatic carbocycles. The summed E-state index contributed by atoms with van der Waals surface area (Å²) in [6, 6.07) is 0. The van der Waals surface area contributed by atoms with Crippen LogP contribution in [-0.2, 0) is 0 Å². The van der Waals surface area contributed by atoms with E-state index >= 15 is 0 Å². The maximum atomic E-state index is 2.52. The van der Waals surface area contributed by atoms with Gasteiger partial charge in [-0.1, -0.05) is 65.2 Å². The van der Waals surface area contributed by atoms with Crippen molar-refractivity contribution in [1.29, 1.82) is 0 Å². The molecule has 0 bridgehead atoms. The van der Waals surface area contributed by atoms with E-state index in [-0.39, 0.29) is 0 Å². The van der Waals surface area contributed by atoms with E-state index in [0.29, 0.717) is 0 Å². The Morgan fingerprint density at radius 2 is 1.95 bits per heavy atom. The van der Waals surface area contributed by atoms with E-state index in [9.17, 15) is 0 Å². The van der Waals surface area contributed by atoms with E-state index < -0.39 is 0 Å². The Balaban J connectivity index is 2.41. The molecular formula is C20H37N. The van der Waals surface area contributed by atoms with Crippen LogP contribution in [0.15, 0.2) is 23.8 Å². The van der Waals surface area contributed by atoms with Gasteiger partial charge in [0.1, 0.15) is 0 Å². The molecule has 2 unspecified atom stereocenters. The molecule has 1 aliphatic rings. The van der Waals surface area contributed by atoms with Crippen LogP contribution in [0, 0.1) is 17.8 Å². The summed E-state index contributed by atoms with van der Waals surface area (Å²) in [7, 11) is 2.27. The fourth-order valence-electron chi connectivity index (χ4n) is 3.41. The van der Waals surface area contributed by atoms with Crippen molar-refractivity contribution in [2.75, 3.05) is 20.1 Å². The van der Waals surface area contributed by atoms with E-state index in [1.54, 1.807) is 5.57 Å². The maximum absolute atomic E-state index is 2.52. The summed E-state index contributed by atoms with van der Waals surface area (Å²) in [4.78, 5) is 2.51. The van der Waals surface area contributed by atoms with Gasteiger partial charge in [0.05, 0.1) is 0 Å². The molecule has 0 amide bonds. The highest BCUT2D eigenvalue weighted by Gasteiger charge is 2.19. The summed E-state index contributed by atoms with van der Waals surface area (Å²) >= 11 is 0. The molecule has 122 valence electrons. The second kappa shape index (κ2) is 10.2. The van der Waals surface area contributed by atoms with Crippen molar-refractivity contribution in [2.24, 2.45) is 17.8 Å². The van der Waals surface area contributed by atoms with Gasteiger partial charge in [-0.05, 0) is 56.2 Å². The minimum atomic E-state index is 0.717.